The van der Waals surface area contributed by atoms with Crippen molar-refractivity contribution in [2.45, 2.75) is 13.5 Å². The first-order valence-corrected chi connectivity index (χ1v) is 8.21. The number of aromatic nitrogens is 2. The third kappa shape index (κ3) is 4.36. The van der Waals surface area contributed by atoms with Gasteiger partial charge in [0.1, 0.15) is 11.4 Å². The first-order valence-electron chi connectivity index (χ1n) is 8.21. The molecule has 1 aromatic carbocycles. The summed E-state index contributed by atoms with van der Waals surface area (Å²) in [7, 11) is 1.57. The van der Waals surface area contributed by atoms with E-state index in [4.69, 9.17) is 4.74 Å². The number of aryl methyl sites for hydroxylation is 1. The van der Waals surface area contributed by atoms with Crippen LogP contribution in [0.2, 0.25) is 0 Å². The smallest absolute Gasteiger partial charge is 0.274 e. The molecular formula is C20H20N4O2. The van der Waals surface area contributed by atoms with Gasteiger partial charge < -0.3 is 15.4 Å². The molecule has 3 rings (SSSR count). The molecule has 0 fully saturated rings. The predicted molar refractivity (Wildman–Crippen MR) is 101 cm³/mol. The van der Waals surface area contributed by atoms with Crippen LogP contribution < -0.4 is 15.4 Å². The summed E-state index contributed by atoms with van der Waals surface area (Å²) in [6.07, 6.45) is 3.35. The number of ether oxygens (including phenoxy) is 1. The van der Waals surface area contributed by atoms with Crippen LogP contribution in [-0.4, -0.2) is 23.0 Å². The molecule has 0 aliphatic rings. The van der Waals surface area contributed by atoms with Gasteiger partial charge in [-0.1, -0.05) is 12.1 Å². The molecule has 0 atom stereocenters. The lowest BCUT2D eigenvalue weighted by molar-refractivity contribution is 0.102. The van der Waals surface area contributed by atoms with E-state index >= 15 is 0 Å². The summed E-state index contributed by atoms with van der Waals surface area (Å²) in [5.74, 6) is 0.309. The third-order valence-corrected chi connectivity index (χ3v) is 3.80. The third-order valence-electron chi connectivity index (χ3n) is 3.80. The molecule has 3 aromatic rings. The zero-order valence-electron chi connectivity index (χ0n) is 14.7. The summed E-state index contributed by atoms with van der Waals surface area (Å²) in [4.78, 5) is 21.0. The second kappa shape index (κ2) is 8.11. The lowest BCUT2D eigenvalue weighted by atomic mass is 10.2. The van der Waals surface area contributed by atoms with Crippen molar-refractivity contribution in [2.75, 3.05) is 17.7 Å². The molecule has 0 unspecified atom stereocenters. The van der Waals surface area contributed by atoms with Crippen LogP contribution in [0, 0.1) is 6.92 Å². The summed E-state index contributed by atoms with van der Waals surface area (Å²) in [5.41, 5.74) is 3.68. The number of hydrogen-bond donors (Lipinski definition) is 2. The maximum Gasteiger partial charge on any atom is 0.274 e. The number of nitrogens with one attached hydrogen (secondary N) is 2. The van der Waals surface area contributed by atoms with Crippen LogP contribution in [0.1, 0.15) is 21.7 Å². The van der Waals surface area contributed by atoms with Gasteiger partial charge in [0.05, 0.1) is 25.0 Å². The van der Waals surface area contributed by atoms with E-state index in [1.165, 1.54) is 0 Å². The zero-order chi connectivity index (χ0) is 18.4. The summed E-state index contributed by atoms with van der Waals surface area (Å²) >= 11 is 0. The topological polar surface area (TPSA) is 76.1 Å². The number of anilines is 2. The first-order chi connectivity index (χ1) is 12.7. The minimum atomic E-state index is -0.296. The van der Waals surface area contributed by atoms with Crippen molar-refractivity contribution >= 4 is 17.3 Å². The van der Waals surface area contributed by atoms with Crippen LogP contribution in [0.3, 0.4) is 0 Å². The number of pyridine rings is 2. The molecule has 26 heavy (non-hydrogen) atoms. The van der Waals surface area contributed by atoms with E-state index in [0.717, 1.165) is 16.9 Å². The summed E-state index contributed by atoms with van der Waals surface area (Å²) in [5, 5.41) is 6.10. The minimum absolute atomic E-state index is 0.296. The number of methoxy groups -OCH3 is 1. The number of amides is 1. The summed E-state index contributed by atoms with van der Waals surface area (Å²) in [6, 6.07) is 14.9. The van der Waals surface area contributed by atoms with Crippen LogP contribution in [0.5, 0.6) is 5.75 Å². The fourth-order valence-electron chi connectivity index (χ4n) is 2.47. The lowest BCUT2D eigenvalue weighted by Gasteiger charge is -2.11. The van der Waals surface area contributed by atoms with Gasteiger partial charge in [0.25, 0.3) is 5.91 Å². The Morgan fingerprint density at radius 3 is 2.73 bits per heavy atom. The average molecular weight is 348 g/mol. The number of benzene rings is 1. The molecule has 6 heteroatoms. The number of rotatable bonds is 6. The predicted octanol–water partition coefficient (Wildman–Crippen LogP) is 3.66. The molecule has 6 nitrogen and oxygen atoms in total. The van der Waals surface area contributed by atoms with Crippen molar-refractivity contribution < 1.29 is 9.53 Å². The molecule has 132 valence electrons. The standard InChI is InChI=1S/C20H20N4O2/c1-14-6-7-19(26-2)17(11-14)24-20(25)18-12-15(8-10-22-18)23-13-16-5-3-4-9-21-16/h3-12H,13H2,1-2H3,(H,22,23)(H,24,25). The van der Waals surface area contributed by atoms with Crippen LogP contribution in [0.4, 0.5) is 11.4 Å². The molecule has 2 N–H and O–H groups in total. The van der Waals surface area contributed by atoms with Crippen LogP contribution in [0.25, 0.3) is 0 Å². The Labute approximate surface area is 152 Å². The molecule has 0 aliphatic carbocycles. The van der Waals surface area contributed by atoms with E-state index in [1.54, 1.807) is 25.6 Å². The molecule has 0 bridgehead atoms. The minimum Gasteiger partial charge on any atom is -0.495 e. The van der Waals surface area contributed by atoms with Gasteiger partial charge in [-0.05, 0) is 48.9 Å². The average Bonchev–Trinajstić information content (AvgIpc) is 2.67. The zero-order valence-corrected chi connectivity index (χ0v) is 14.7. The van der Waals surface area contributed by atoms with Crippen molar-refractivity contribution in [1.82, 2.24) is 9.97 Å². The number of carbonyl (C=O) groups excluding carboxylic acids is 1. The fraction of sp³-hybridized carbons (Fsp3) is 0.150. The SMILES string of the molecule is COc1ccc(C)cc1NC(=O)c1cc(NCc2ccccn2)ccn1. The van der Waals surface area contributed by atoms with Crippen molar-refractivity contribution in [3.63, 3.8) is 0 Å². The fourth-order valence-corrected chi connectivity index (χ4v) is 2.47. The molecule has 0 saturated heterocycles. The second-order valence-corrected chi connectivity index (χ2v) is 5.76. The van der Waals surface area contributed by atoms with E-state index in [1.807, 2.05) is 49.4 Å². The van der Waals surface area contributed by atoms with Crippen molar-refractivity contribution in [1.29, 1.82) is 0 Å². The molecule has 2 heterocycles. The monoisotopic (exact) mass is 348 g/mol. The van der Waals surface area contributed by atoms with E-state index < -0.39 is 0 Å². The van der Waals surface area contributed by atoms with Crippen molar-refractivity contribution in [3.8, 4) is 5.75 Å². The van der Waals surface area contributed by atoms with E-state index in [0.29, 0.717) is 23.7 Å². The Balaban J connectivity index is 1.71. The lowest BCUT2D eigenvalue weighted by Crippen LogP contribution is -2.15. The van der Waals surface area contributed by atoms with Gasteiger partial charge >= 0.3 is 0 Å². The molecule has 1 amide bonds. The second-order valence-electron chi connectivity index (χ2n) is 5.76. The largest absolute Gasteiger partial charge is 0.495 e. The normalized spacial score (nSPS) is 10.2. The number of nitrogens with zero attached hydrogens (tertiary/aromatic N) is 2. The molecule has 0 aliphatic heterocycles. The highest BCUT2D eigenvalue weighted by atomic mass is 16.5. The molecule has 0 saturated carbocycles. The highest BCUT2D eigenvalue weighted by molar-refractivity contribution is 6.04. The van der Waals surface area contributed by atoms with Gasteiger partial charge in [-0.25, -0.2) is 0 Å². The van der Waals surface area contributed by atoms with Crippen LogP contribution >= 0.6 is 0 Å². The quantitative estimate of drug-likeness (QED) is 0.711. The van der Waals surface area contributed by atoms with Gasteiger partial charge in [0.15, 0.2) is 0 Å². The van der Waals surface area contributed by atoms with Gasteiger partial charge in [-0.2, -0.15) is 0 Å². The molecule has 0 spiro atoms. The van der Waals surface area contributed by atoms with Crippen molar-refractivity contribution in [2.24, 2.45) is 0 Å². The van der Waals surface area contributed by atoms with E-state index in [-0.39, 0.29) is 5.91 Å². The summed E-state index contributed by atoms with van der Waals surface area (Å²) in [6.45, 7) is 2.52. The molecular weight excluding hydrogens is 328 g/mol. The Hall–Kier alpha value is -3.41. The highest BCUT2D eigenvalue weighted by Gasteiger charge is 2.12. The van der Waals surface area contributed by atoms with E-state index in [2.05, 4.69) is 20.6 Å². The van der Waals surface area contributed by atoms with Crippen LogP contribution in [-0.2, 0) is 6.54 Å². The Morgan fingerprint density at radius 2 is 1.96 bits per heavy atom. The molecule has 2 aromatic heterocycles. The van der Waals surface area contributed by atoms with Gasteiger partial charge in [0.2, 0.25) is 0 Å². The van der Waals surface area contributed by atoms with Gasteiger partial charge in [-0.15, -0.1) is 0 Å². The van der Waals surface area contributed by atoms with Gasteiger partial charge in [-0.3, -0.25) is 14.8 Å². The first kappa shape index (κ1) is 17.4. The number of hydrogen-bond acceptors (Lipinski definition) is 5. The maximum atomic E-state index is 12.6. The van der Waals surface area contributed by atoms with Crippen molar-refractivity contribution in [3.05, 3.63) is 77.9 Å². The highest BCUT2D eigenvalue weighted by Crippen LogP contribution is 2.25. The molecule has 0 radical (unpaired) electrons. The van der Waals surface area contributed by atoms with Gasteiger partial charge in [0, 0.05) is 18.1 Å². The Kier molecular flexibility index (Phi) is 5.43. The Bertz CT molecular complexity index is 897. The van der Waals surface area contributed by atoms with Crippen LogP contribution in [0.15, 0.2) is 60.9 Å². The Morgan fingerprint density at radius 1 is 1.08 bits per heavy atom. The number of carbonyl (C=O) groups is 1. The maximum absolute atomic E-state index is 12.6. The summed E-state index contributed by atoms with van der Waals surface area (Å²) < 4.78 is 5.29. The van der Waals surface area contributed by atoms with E-state index in [9.17, 15) is 4.79 Å².